The van der Waals surface area contributed by atoms with Crippen molar-refractivity contribution in [2.45, 2.75) is 63.4 Å². The molecule has 1 aromatic carbocycles. The van der Waals surface area contributed by atoms with Crippen LogP contribution in [0.2, 0.25) is 0 Å². The minimum atomic E-state index is -0.849. The van der Waals surface area contributed by atoms with Crippen LogP contribution in [0.15, 0.2) is 43.1 Å². The smallest absolute Gasteiger partial charge is 0.123 e. The standard InChI is InChI=1S/C21H26FN3O/c1-3-10-25-15(2)16(13-23-25)14-24-19-8-9-20(24)12-21(26,11-19)17-4-6-18(22)7-5-17/h3-7,13,19-20,26H,1,8-12,14H2,2H3/t19-,20+,21?. The van der Waals surface area contributed by atoms with Gasteiger partial charge >= 0.3 is 0 Å². The minimum Gasteiger partial charge on any atom is -0.385 e. The van der Waals surface area contributed by atoms with E-state index < -0.39 is 5.60 Å². The predicted octanol–water partition coefficient (Wildman–Crippen LogP) is 3.53. The summed E-state index contributed by atoms with van der Waals surface area (Å²) in [4.78, 5) is 2.53. The lowest BCUT2D eigenvalue weighted by Gasteiger charge is -2.44. The monoisotopic (exact) mass is 355 g/mol. The summed E-state index contributed by atoms with van der Waals surface area (Å²) in [6, 6.07) is 7.05. The van der Waals surface area contributed by atoms with E-state index in [2.05, 4.69) is 23.5 Å². The van der Waals surface area contributed by atoms with Gasteiger partial charge in [0.1, 0.15) is 5.82 Å². The van der Waals surface area contributed by atoms with Crippen molar-refractivity contribution in [1.29, 1.82) is 0 Å². The zero-order chi connectivity index (χ0) is 18.3. The maximum absolute atomic E-state index is 13.2. The maximum atomic E-state index is 13.2. The molecular formula is C21H26FN3O. The third kappa shape index (κ3) is 2.99. The molecule has 138 valence electrons. The van der Waals surface area contributed by atoms with Crippen LogP contribution in [0.25, 0.3) is 0 Å². The zero-order valence-corrected chi connectivity index (χ0v) is 15.2. The predicted molar refractivity (Wildman–Crippen MR) is 99.0 cm³/mol. The van der Waals surface area contributed by atoms with Gasteiger partial charge in [0.25, 0.3) is 0 Å². The third-order valence-corrected chi connectivity index (χ3v) is 6.16. The summed E-state index contributed by atoms with van der Waals surface area (Å²) in [5.74, 6) is -0.259. The summed E-state index contributed by atoms with van der Waals surface area (Å²) in [7, 11) is 0. The van der Waals surface area contributed by atoms with Gasteiger partial charge in [-0.05, 0) is 50.3 Å². The lowest BCUT2D eigenvalue weighted by Crippen LogP contribution is -2.49. The van der Waals surface area contributed by atoms with Crippen molar-refractivity contribution in [3.63, 3.8) is 0 Å². The van der Waals surface area contributed by atoms with E-state index in [9.17, 15) is 9.50 Å². The lowest BCUT2D eigenvalue weighted by atomic mass is 9.80. The summed E-state index contributed by atoms with van der Waals surface area (Å²) in [5.41, 5.74) is 2.42. The number of hydrogen-bond acceptors (Lipinski definition) is 3. The maximum Gasteiger partial charge on any atom is 0.123 e. The largest absolute Gasteiger partial charge is 0.385 e. The Kier molecular flexibility index (Phi) is 4.45. The van der Waals surface area contributed by atoms with Crippen LogP contribution in [0.5, 0.6) is 0 Å². The Balaban J connectivity index is 1.52. The first-order valence-electron chi connectivity index (χ1n) is 9.36. The van der Waals surface area contributed by atoms with Gasteiger partial charge in [0.05, 0.1) is 18.3 Å². The Morgan fingerprint density at radius 2 is 1.92 bits per heavy atom. The van der Waals surface area contributed by atoms with E-state index in [-0.39, 0.29) is 5.82 Å². The van der Waals surface area contributed by atoms with Crippen LogP contribution in [-0.4, -0.2) is 31.9 Å². The topological polar surface area (TPSA) is 41.3 Å². The molecule has 0 spiro atoms. The lowest BCUT2D eigenvalue weighted by molar-refractivity contribution is -0.0595. The van der Waals surface area contributed by atoms with Gasteiger partial charge in [-0.2, -0.15) is 5.10 Å². The molecule has 0 saturated carbocycles. The molecular weight excluding hydrogens is 329 g/mol. The number of benzene rings is 1. The normalized spacial score (nSPS) is 28.4. The highest BCUT2D eigenvalue weighted by Gasteiger charge is 2.48. The number of fused-ring (bicyclic) bond motifs is 2. The highest BCUT2D eigenvalue weighted by molar-refractivity contribution is 5.26. The van der Waals surface area contributed by atoms with Crippen LogP contribution in [0.4, 0.5) is 4.39 Å². The molecule has 2 saturated heterocycles. The van der Waals surface area contributed by atoms with Gasteiger partial charge in [0.15, 0.2) is 0 Å². The van der Waals surface area contributed by atoms with Gasteiger partial charge in [-0.3, -0.25) is 9.58 Å². The molecule has 3 atom stereocenters. The molecule has 3 heterocycles. The second-order valence-corrected chi connectivity index (χ2v) is 7.73. The SMILES string of the molecule is C=CCn1ncc(CN2[C@@H]3CC[C@H]2CC(O)(c2ccc(F)cc2)C3)c1C. The first kappa shape index (κ1) is 17.4. The van der Waals surface area contributed by atoms with Crippen LogP contribution in [0.3, 0.4) is 0 Å². The molecule has 2 aromatic rings. The fraction of sp³-hybridized carbons (Fsp3) is 0.476. The second-order valence-electron chi connectivity index (χ2n) is 7.73. The Labute approximate surface area is 153 Å². The average molecular weight is 355 g/mol. The number of piperidine rings is 1. The summed E-state index contributed by atoms with van der Waals surface area (Å²) in [5, 5.41) is 15.7. The molecule has 0 aliphatic carbocycles. The number of rotatable bonds is 5. The van der Waals surface area contributed by atoms with Gasteiger partial charge < -0.3 is 5.11 Å². The van der Waals surface area contributed by atoms with E-state index >= 15 is 0 Å². The summed E-state index contributed by atoms with van der Waals surface area (Å²) in [6.45, 7) is 7.49. The molecule has 2 aliphatic heterocycles. The van der Waals surface area contributed by atoms with E-state index in [1.165, 1.54) is 23.4 Å². The quantitative estimate of drug-likeness (QED) is 0.834. The molecule has 2 fully saturated rings. The van der Waals surface area contributed by atoms with Crippen molar-refractivity contribution < 1.29 is 9.50 Å². The minimum absolute atomic E-state index is 0.259. The number of allylic oxidation sites excluding steroid dienone is 1. The van der Waals surface area contributed by atoms with Crippen LogP contribution < -0.4 is 0 Å². The molecule has 26 heavy (non-hydrogen) atoms. The molecule has 1 N–H and O–H groups in total. The first-order chi connectivity index (χ1) is 12.5. The van der Waals surface area contributed by atoms with Crippen LogP contribution in [0, 0.1) is 12.7 Å². The van der Waals surface area contributed by atoms with Gasteiger partial charge in [-0.1, -0.05) is 18.2 Å². The fourth-order valence-corrected chi connectivity index (χ4v) is 4.71. The van der Waals surface area contributed by atoms with Gasteiger partial charge in [-0.25, -0.2) is 4.39 Å². The number of aliphatic hydroxyl groups is 1. The third-order valence-electron chi connectivity index (χ3n) is 6.16. The summed E-state index contributed by atoms with van der Waals surface area (Å²) >= 11 is 0. The molecule has 4 rings (SSSR count). The van der Waals surface area contributed by atoms with Crippen LogP contribution in [-0.2, 0) is 18.7 Å². The van der Waals surface area contributed by atoms with Crippen molar-refractivity contribution in [3.05, 3.63) is 65.8 Å². The van der Waals surface area contributed by atoms with Gasteiger partial charge in [0, 0.05) is 29.9 Å². The second kappa shape index (κ2) is 6.63. The number of aromatic nitrogens is 2. The molecule has 2 aliphatic rings. The van der Waals surface area contributed by atoms with Gasteiger partial charge in [0.2, 0.25) is 0 Å². The van der Waals surface area contributed by atoms with E-state index in [4.69, 9.17) is 0 Å². The van der Waals surface area contributed by atoms with E-state index in [1.807, 2.05) is 17.0 Å². The Morgan fingerprint density at radius 3 is 2.54 bits per heavy atom. The summed E-state index contributed by atoms with van der Waals surface area (Å²) in [6.07, 6.45) is 7.43. The fourth-order valence-electron chi connectivity index (χ4n) is 4.71. The number of nitrogens with zero attached hydrogens (tertiary/aromatic N) is 3. The number of hydrogen-bond donors (Lipinski definition) is 1. The Hall–Kier alpha value is -1.98. The Bertz CT molecular complexity index is 784. The highest BCUT2D eigenvalue weighted by Crippen LogP contribution is 2.46. The number of halogens is 1. The highest BCUT2D eigenvalue weighted by atomic mass is 19.1. The van der Waals surface area contributed by atoms with Crippen LogP contribution >= 0.6 is 0 Å². The molecule has 1 unspecified atom stereocenters. The van der Waals surface area contributed by atoms with E-state index in [0.29, 0.717) is 24.9 Å². The molecule has 4 nitrogen and oxygen atoms in total. The average Bonchev–Trinajstić information content (AvgIpc) is 3.07. The molecule has 0 radical (unpaired) electrons. The van der Waals surface area contributed by atoms with Gasteiger partial charge in [-0.15, -0.1) is 6.58 Å². The van der Waals surface area contributed by atoms with Crippen molar-refractivity contribution in [2.24, 2.45) is 0 Å². The van der Waals surface area contributed by atoms with Crippen molar-refractivity contribution in [2.75, 3.05) is 0 Å². The zero-order valence-electron chi connectivity index (χ0n) is 15.2. The molecule has 5 heteroatoms. The Morgan fingerprint density at radius 1 is 1.27 bits per heavy atom. The first-order valence-corrected chi connectivity index (χ1v) is 9.36. The van der Waals surface area contributed by atoms with E-state index in [0.717, 1.165) is 31.5 Å². The molecule has 0 amide bonds. The molecule has 2 bridgehead atoms. The summed E-state index contributed by atoms with van der Waals surface area (Å²) < 4.78 is 15.2. The van der Waals surface area contributed by atoms with Crippen molar-refractivity contribution in [3.8, 4) is 0 Å². The van der Waals surface area contributed by atoms with Crippen molar-refractivity contribution in [1.82, 2.24) is 14.7 Å². The van der Waals surface area contributed by atoms with Crippen molar-refractivity contribution >= 4 is 0 Å². The van der Waals surface area contributed by atoms with E-state index in [1.54, 1.807) is 12.1 Å². The molecule has 1 aromatic heterocycles. The van der Waals surface area contributed by atoms with Crippen LogP contribution in [0.1, 0.15) is 42.5 Å².